The number of hydrogen-bond donors (Lipinski definition) is 2. The minimum Gasteiger partial charge on any atom is -0.467 e. The van der Waals surface area contributed by atoms with Gasteiger partial charge in [0.15, 0.2) is 5.69 Å². The minimum absolute atomic E-state index is 0.212. The fourth-order valence-electron chi connectivity index (χ4n) is 3.32. The zero-order chi connectivity index (χ0) is 19.2. The second kappa shape index (κ2) is 8.86. The van der Waals surface area contributed by atoms with Gasteiger partial charge in [0, 0.05) is 18.4 Å². The number of carbonyl (C=O) groups excluding carboxylic acids is 1. The van der Waals surface area contributed by atoms with E-state index >= 15 is 0 Å². The van der Waals surface area contributed by atoms with E-state index in [2.05, 4.69) is 15.7 Å². The number of piperidine rings is 1. The van der Waals surface area contributed by atoms with Gasteiger partial charge < -0.3 is 19.8 Å². The van der Waals surface area contributed by atoms with Gasteiger partial charge in [-0.3, -0.25) is 9.48 Å². The highest BCUT2D eigenvalue weighted by Crippen LogP contribution is 2.17. The highest BCUT2D eigenvalue weighted by Gasteiger charge is 2.17. The minimum atomic E-state index is -0.212. The number of amides is 1. The van der Waals surface area contributed by atoms with Gasteiger partial charge in [0.1, 0.15) is 12.4 Å². The van der Waals surface area contributed by atoms with Gasteiger partial charge in [0.05, 0.1) is 18.9 Å². The molecular formula is C21H24N4O3. The number of hydrogen-bond acceptors (Lipinski definition) is 5. The molecule has 28 heavy (non-hydrogen) atoms. The second-order valence-electron chi connectivity index (χ2n) is 6.91. The lowest BCUT2D eigenvalue weighted by Crippen LogP contribution is -2.32. The molecular weight excluding hydrogens is 356 g/mol. The van der Waals surface area contributed by atoms with Gasteiger partial charge in [-0.15, -0.1) is 0 Å². The van der Waals surface area contributed by atoms with Crippen molar-refractivity contribution in [2.45, 2.75) is 32.1 Å². The molecule has 0 bridgehead atoms. The Morgan fingerprint density at radius 3 is 3.07 bits per heavy atom. The number of ether oxygens (including phenoxy) is 1. The molecule has 146 valence electrons. The molecule has 2 N–H and O–H groups in total. The molecule has 4 rings (SSSR count). The Hall–Kier alpha value is -2.90. The lowest BCUT2D eigenvalue weighted by Gasteiger charge is -2.22. The van der Waals surface area contributed by atoms with Gasteiger partial charge in [-0.1, -0.05) is 12.1 Å². The van der Waals surface area contributed by atoms with Crippen molar-refractivity contribution in [3.63, 3.8) is 0 Å². The van der Waals surface area contributed by atoms with Crippen LogP contribution >= 0.6 is 0 Å². The predicted molar refractivity (Wildman–Crippen MR) is 105 cm³/mol. The topological polar surface area (TPSA) is 81.3 Å². The number of rotatable bonds is 7. The molecule has 1 fully saturated rings. The summed E-state index contributed by atoms with van der Waals surface area (Å²) in [7, 11) is 0. The van der Waals surface area contributed by atoms with Crippen LogP contribution in [0.25, 0.3) is 0 Å². The maximum Gasteiger partial charge on any atom is 0.276 e. The molecule has 2 aromatic heterocycles. The Balaban J connectivity index is 1.33. The first-order chi connectivity index (χ1) is 13.8. The van der Waals surface area contributed by atoms with Crippen LogP contribution < -0.4 is 10.6 Å². The van der Waals surface area contributed by atoms with Crippen LogP contribution in [-0.4, -0.2) is 28.8 Å². The van der Waals surface area contributed by atoms with Gasteiger partial charge >= 0.3 is 0 Å². The highest BCUT2D eigenvalue weighted by atomic mass is 16.5. The van der Waals surface area contributed by atoms with E-state index in [0.717, 1.165) is 42.9 Å². The molecule has 1 saturated heterocycles. The van der Waals surface area contributed by atoms with Crippen LogP contribution in [0.5, 0.6) is 0 Å². The number of nitrogens with one attached hydrogen (secondary N) is 2. The summed E-state index contributed by atoms with van der Waals surface area (Å²) in [5, 5.41) is 10.7. The van der Waals surface area contributed by atoms with Crippen LogP contribution in [0.15, 0.2) is 59.3 Å². The van der Waals surface area contributed by atoms with E-state index in [4.69, 9.17) is 9.15 Å². The summed E-state index contributed by atoms with van der Waals surface area (Å²) < 4.78 is 12.8. The van der Waals surface area contributed by atoms with Crippen molar-refractivity contribution in [3.05, 3.63) is 71.9 Å². The summed E-state index contributed by atoms with van der Waals surface area (Å²) in [5.41, 5.74) is 2.12. The van der Waals surface area contributed by atoms with Gasteiger partial charge in [-0.2, -0.15) is 5.10 Å². The summed E-state index contributed by atoms with van der Waals surface area (Å²) in [6.07, 6.45) is 5.71. The van der Waals surface area contributed by atoms with Crippen molar-refractivity contribution in [1.82, 2.24) is 15.1 Å². The van der Waals surface area contributed by atoms with Crippen molar-refractivity contribution in [3.8, 4) is 0 Å². The van der Waals surface area contributed by atoms with Gasteiger partial charge in [0.25, 0.3) is 5.91 Å². The van der Waals surface area contributed by atoms with Crippen LogP contribution in [0.2, 0.25) is 0 Å². The van der Waals surface area contributed by atoms with E-state index in [1.165, 1.54) is 0 Å². The Morgan fingerprint density at radius 1 is 1.29 bits per heavy atom. The number of carbonyl (C=O) groups is 1. The van der Waals surface area contributed by atoms with Crippen LogP contribution in [0, 0.1) is 0 Å². The smallest absolute Gasteiger partial charge is 0.276 e. The SMILES string of the molecule is O=C(Nc1cccc(COCc2ccco2)c1)c1ccn(C2CCCNC2)n1. The quantitative estimate of drug-likeness (QED) is 0.657. The Kier molecular flexibility index (Phi) is 5.84. The Bertz CT molecular complexity index is 898. The monoisotopic (exact) mass is 380 g/mol. The summed E-state index contributed by atoms with van der Waals surface area (Å²) >= 11 is 0. The molecule has 0 radical (unpaired) electrons. The number of anilines is 1. The third-order valence-electron chi connectivity index (χ3n) is 4.76. The van der Waals surface area contributed by atoms with Gasteiger partial charge in [-0.05, 0) is 55.3 Å². The molecule has 0 spiro atoms. The van der Waals surface area contributed by atoms with Gasteiger partial charge in [-0.25, -0.2) is 0 Å². The fraction of sp³-hybridized carbons (Fsp3) is 0.333. The Morgan fingerprint density at radius 2 is 2.25 bits per heavy atom. The van der Waals surface area contributed by atoms with E-state index in [0.29, 0.717) is 24.9 Å². The van der Waals surface area contributed by atoms with E-state index in [-0.39, 0.29) is 5.91 Å². The third-order valence-corrected chi connectivity index (χ3v) is 4.76. The molecule has 0 saturated carbocycles. The molecule has 7 heteroatoms. The van der Waals surface area contributed by atoms with Crippen molar-refractivity contribution in [1.29, 1.82) is 0 Å². The van der Waals surface area contributed by atoms with Crippen molar-refractivity contribution in [2.24, 2.45) is 0 Å². The first-order valence-electron chi connectivity index (χ1n) is 9.54. The average Bonchev–Trinajstić information content (AvgIpc) is 3.41. The lowest BCUT2D eigenvalue weighted by molar-refractivity contribution is 0.0929. The second-order valence-corrected chi connectivity index (χ2v) is 6.91. The molecule has 1 aliphatic rings. The van der Waals surface area contributed by atoms with E-state index in [9.17, 15) is 4.79 Å². The molecule has 1 unspecified atom stereocenters. The number of aromatic nitrogens is 2. The molecule has 1 amide bonds. The summed E-state index contributed by atoms with van der Waals surface area (Å²) in [5.74, 6) is 0.574. The number of nitrogens with zero attached hydrogens (tertiary/aromatic N) is 2. The zero-order valence-corrected chi connectivity index (χ0v) is 15.6. The molecule has 0 aliphatic carbocycles. The first-order valence-corrected chi connectivity index (χ1v) is 9.54. The average molecular weight is 380 g/mol. The summed E-state index contributed by atoms with van der Waals surface area (Å²) in [6, 6.07) is 13.4. The number of furan rings is 1. The highest BCUT2D eigenvalue weighted by molar-refractivity contribution is 6.02. The maximum atomic E-state index is 12.5. The summed E-state index contributed by atoms with van der Waals surface area (Å²) in [6.45, 7) is 2.79. The zero-order valence-electron chi connectivity index (χ0n) is 15.6. The largest absolute Gasteiger partial charge is 0.467 e. The van der Waals surface area contributed by atoms with Crippen LogP contribution in [-0.2, 0) is 18.0 Å². The van der Waals surface area contributed by atoms with Crippen LogP contribution in [0.3, 0.4) is 0 Å². The summed E-state index contributed by atoms with van der Waals surface area (Å²) in [4.78, 5) is 12.5. The number of benzene rings is 1. The molecule has 3 aromatic rings. The van der Waals surface area contributed by atoms with E-state index < -0.39 is 0 Å². The maximum absolute atomic E-state index is 12.5. The Labute approximate surface area is 163 Å². The molecule has 1 atom stereocenters. The predicted octanol–water partition coefficient (Wildman–Crippen LogP) is 3.37. The molecule has 7 nitrogen and oxygen atoms in total. The lowest BCUT2D eigenvalue weighted by atomic mass is 10.1. The van der Waals surface area contributed by atoms with Crippen molar-refractivity contribution < 1.29 is 13.9 Å². The third kappa shape index (κ3) is 4.68. The van der Waals surface area contributed by atoms with Crippen LogP contribution in [0.4, 0.5) is 5.69 Å². The standard InChI is InChI=1S/C21H24N4O3/c26-21(20-8-10-25(24-20)18-6-2-9-22-13-18)23-17-5-1-4-16(12-17)14-27-15-19-7-3-11-28-19/h1,3-5,7-8,10-12,18,22H,2,6,9,13-15H2,(H,23,26). The van der Waals surface area contributed by atoms with E-state index in [1.54, 1.807) is 12.3 Å². The van der Waals surface area contributed by atoms with Crippen LogP contribution in [0.1, 0.15) is 40.7 Å². The molecule has 1 aromatic carbocycles. The normalized spacial score (nSPS) is 16.8. The first kappa shape index (κ1) is 18.5. The molecule has 1 aliphatic heterocycles. The fourth-order valence-corrected chi connectivity index (χ4v) is 3.32. The van der Waals surface area contributed by atoms with Gasteiger partial charge in [0.2, 0.25) is 0 Å². The van der Waals surface area contributed by atoms with Crippen molar-refractivity contribution in [2.75, 3.05) is 18.4 Å². The molecule has 3 heterocycles. The van der Waals surface area contributed by atoms with Crippen molar-refractivity contribution >= 4 is 11.6 Å². The van der Waals surface area contributed by atoms with E-state index in [1.807, 2.05) is 47.3 Å².